The number of hydrogen-bond acceptors (Lipinski definition) is 5. The zero-order valence-corrected chi connectivity index (χ0v) is 16.5. The van der Waals surface area contributed by atoms with Crippen LogP contribution < -0.4 is 5.32 Å². The van der Waals surface area contributed by atoms with Crippen molar-refractivity contribution in [3.05, 3.63) is 33.0 Å². The van der Waals surface area contributed by atoms with Gasteiger partial charge in [-0.05, 0) is 49.5 Å². The number of rotatable bonds is 3. The Labute approximate surface area is 161 Å². The number of nitrogens with one attached hydrogen (secondary N) is 1. The lowest BCUT2D eigenvalue weighted by Gasteiger charge is -2.31. The largest absolute Gasteiger partial charge is 0.337 e. The molecule has 26 heavy (non-hydrogen) atoms. The number of fused-ring (bicyclic) bond motifs is 1. The maximum atomic E-state index is 12.7. The van der Waals surface area contributed by atoms with Crippen molar-refractivity contribution in [1.29, 1.82) is 0 Å². The molecular formula is C19H23N3O2S2. The number of aryl methyl sites for hydroxylation is 1. The molecule has 1 aliphatic carbocycles. The molecule has 3 heterocycles. The Morgan fingerprint density at radius 3 is 3.04 bits per heavy atom. The third kappa shape index (κ3) is 3.69. The van der Waals surface area contributed by atoms with E-state index < -0.39 is 0 Å². The minimum absolute atomic E-state index is 0.00664. The van der Waals surface area contributed by atoms with E-state index in [-0.39, 0.29) is 17.7 Å². The van der Waals surface area contributed by atoms with E-state index in [0.717, 1.165) is 47.9 Å². The van der Waals surface area contributed by atoms with Crippen LogP contribution in [0.2, 0.25) is 0 Å². The standard InChI is InChI=1S/C19H23N3O2S2/c1-12-6-7-14-16(10-12)26-19(20-14)21-17(23)13-4-2-8-22(11-13)18(24)15-5-3-9-25-15/h3,5,9,12-13H,2,4,6-8,10-11H2,1H3,(H,20,21,23)/t12-,13-/m1/s1. The van der Waals surface area contributed by atoms with Crippen LogP contribution in [-0.4, -0.2) is 34.8 Å². The highest BCUT2D eigenvalue weighted by Crippen LogP contribution is 2.32. The predicted molar refractivity (Wildman–Crippen MR) is 105 cm³/mol. The Morgan fingerprint density at radius 1 is 1.35 bits per heavy atom. The van der Waals surface area contributed by atoms with E-state index in [1.54, 1.807) is 11.3 Å². The number of piperidine rings is 1. The van der Waals surface area contributed by atoms with Gasteiger partial charge in [-0.2, -0.15) is 0 Å². The van der Waals surface area contributed by atoms with Crippen molar-refractivity contribution in [2.24, 2.45) is 11.8 Å². The summed E-state index contributed by atoms with van der Waals surface area (Å²) in [6.45, 7) is 3.48. The van der Waals surface area contributed by atoms with Gasteiger partial charge in [0.05, 0.1) is 16.5 Å². The summed E-state index contributed by atoms with van der Waals surface area (Å²) in [5, 5.41) is 5.64. The number of amides is 2. The fourth-order valence-corrected chi connectivity index (χ4v) is 5.60. The maximum absolute atomic E-state index is 12.7. The third-order valence-corrected chi connectivity index (χ3v) is 7.12. The maximum Gasteiger partial charge on any atom is 0.263 e. The van der Waals surface area contributed by atoms with Crippen LogP contribution in [0.1, 0.15) is 46.4 Å². The van der Waals surface area contributed by atoms with Crippen LogP contribution in [0.5, 0.6) is 0 Å². The second kappa shape index (κ2) is 7.48. The van der Waals surface area contributed by atoms with Crippen LogP contribution in [0.3, 0.4) is 0 Å². The zero-order chi connectivity index (χ0) is 18.1. The zero-order valence-electron chi connectivity index (χ0n) is 14.9. The highest BCUT2D eigenvalue weighted by Gasteiger charge is 2.30. The Kier molecular flexibility index (Phi) is 5.09. The summed E-state index contributed by atoms with van der Waals surface area (Å²) in [6, 6.07) is 3.73. The fraction of sp³-hybridized carbons (Fsp3) is 0.526. The quantitative estimate of drug-likeness (QED) is 0.868. The first-order valence-corrected chi connectivity index (χ1v) is 10.9. The Bertz CT molecular complexity index is 800. The molecule has 2 aliphatic rings. The molecule has 1 aliphatic heterocycles. The molecule has 7 heteroatoms. The first kappa shape index (κ1) is 17.7. The number of aromatic nitrogens is 1. The lowest BCUT2D eigenvalue weighted by molar-refractivity contribution is -0.121. The number of thiazole rings is 1. The van der Waals surface area contributed by atoms with Gasteiger partial charge in [0, 0.05) is 18.0 Å². The van der Waals surface area contributed by atoms with Crippen LogP contribution in [0, 0.1) is 11.8 Å². The molecule has 2 atom stereocenters. The molecule has 5 nitrogen and oxygen atoms in total. The lowest BCUT2D eigenvalue weighted by Crippen LogP contribution is -2.43. The summed E-state index contributed by atoms with van der Waals surface area (Å²) in [6.07, 6.45) is 4.93. The average Bonchev–Trinajstić information content (AvgIpc) is 3.30. The van der Waals surface area contributed by atoms with Crippen molar-refractivity contribution >= 4 is 39.6 Å². The molecule has 0 bridgehead atoms. The van der Waals surface area contributed by atoms with E-state index >= 15 is 0 Å². The van der Waals surface area contributed by atoms with E-state index in [2.05, 4.69) is 17.2 Å². The number of thiophene rings is 1. The van der Waals surface area contributed by atoms with Crippen molar-refractivity contribution in [2.75, 3.05) is 18.4 Å². The van der Waals surface area contributed by atoms with Crippen molar-refractivity contribution in [1.82, 2.24) is 9.88 Å². The van der Waals surface area contributed by atoms with Gasteiger partial charge >= 0.3 is 0 Å². The van der Waals surface area contributed by atoms with Crippen molar-refractivity contribution in [3.63, 3.8) is 0 Å². The van der Waals surface area contributed by atoms with Gasteiger partial charge in [0.1, 0.15) is 0 Å². The number of nitrogens with zero attached hydrogens (tertiary/aromatic N) is 2. The smallest absolute Gasteiger partial charge is 0.263 e. The SMILES string of the molecule is C[C@@H]1CCc2nc(NC(=O)[C@@H]3CCCN(C(=O)c4cccs4)C3)sc2C1. The molecule has 2 amide bonds. The van der Waals surface area contributed by atoms with Gasteiger partial charge < -0.3 is 10.2 Å². The lowest BCUT2D eigenvalue weighted by atomic mass is 9.93. The highest BCUT2D eigenvalue weighted by atomic mass is 32.1. The second-order valence-corrected chi connectivity index (χ2v) is 9.33. The second-order valence-electron chi connectivity index (χ2n) is 7.29. The van der Waals surface area contributed by atoms with Crippen molar-refractivity contribution in [2.45, 2.75) is 39.0 Å². The average molecular weight is 390 g/mol. The third-order valence-electron chi connectivity index (χ3n) is 5.23. The summed E-state index contributed by atoms with van der Waals surface area (Å²) in [4.78, 5) is 33.8. The summed E-state index contributed by atoms with van der Waals surface area (Å²) in [5.74, 6) is 0.568. The van der Waals surface area contributed by atoms with E-state index in [1.165, 1.54) is 22.6 Å². The number of anilines is 1. The first-order valence-electron chi connectivity index (χ1n) is 9.22. The van der Waals surface area contributed by atoms with Gasteiger partial charge in [-0.25, -0.2) is 4.98 Å². The normalized spacial score (nSPS) is 22.7. The Hall–Kier alpha value is -1.73. The van der Waals surface area contributed by atoms with Gasteiger partial charge in [0.25, 0.3) is 5.91 Å². The van der Waals surface area contributed by atoms with Gasteiger partial charge in [0.15, 0.2) is 5.13 Å². The molecular weight excluding hydrogens is 366 g/mol. The van der Waals surface area contributed by atoms with Crippen LogP contribution in [0.15, 0.2) is 17.5 Å². The van der Waals surface area contributed by atoms with Gasteiger partial charge in [-0.15, -0.1) is 22.7 Å². The van der Waals surface area contributed by atoms with Crippen LogP contribution >= 0.6 is 22.7 Å². The molecule has 2 aromatic heterocycles. The van der Waals surface area contributed by atoms with E-state index in [9.17, 15) is 9.59 Å². The number of likely N-dealkylation sites (tertiary alicyclic amines) is 1. The molecule has 1 fully saturated rings. The van der Waals surface area contributed by atoms with Crippen LogP contribution in [0.4, 0.5) is 5.13 Å². The Balaban J connectivity index is 1.39. The molecule has 0 saturated carbocycles. The van der Waals surface area contributed by atoms with Crippen LogP contribution in [0.25, 0.3) is 0 Å². The van der Waals surface area contributed by atoms with Gasteiger partial charge in [0.2, 0.25) is 5.91 Å². The molecule has 1 N–H and O–H groups in total. The topological polar surface area (TPSA) is 62.3 Å². The molecule has 4 rings (SSSR count). The molecule has 0 radical (unpaired) electrons. The monoisotopic (exact) mass is 389 g/mol. The summed E-state index contributed by atoms with van der Waals surface area (Å²) in [5.41, 5.74) is 1.15. The number of hydrogen-bond donors (Lipinski definition) is 1. The number of carbonyl (C=O) groups is 2. The minimum Gasteiger partial charge on any atom is -0.337 e. The Morgan fingerprint density at radius 2 is 2.23 bits per heavy atom. The van der Waals surface area contributed by atoms with Crippen molar-refractivity contribution in [3.8, 4) is 0 Å². The first-order chi connectivity index (χ1) is 12.6. The summed E-state index contributed by atoms with van der Waals surface area (Å²) < 4.78 is 0. The molecule has 2 aromatic rings. The number of carbonyl (C=O) groups excluding carboxylic acids is 2. The van der Waals surface area contributed by atoms with Crippen molar-refractivity contribution < 1.29 is 9.59 Å². The summed E-state index contributed by atoms with van der Waals surface area (Å²) >= 11 is 3.07. The summed E-state index contributed by atoms with van der Waals surface area (Å²) in [7, 11) is 0. The fourth-order valence-electron chi connectivity index (χ4n) is 3.73. The van der Waals surface area contributed by atoms with E-state index in [1.807, 2.05) is 22.4 Å². The molecule has 0 aromatic carbocycles. The van der Waals surface area contributed by atoms with E-state index in [4.69, 9.17) is 0 Å². The predicted octanol–water partition coefficient (Wildman–Crippen LogP) is 3.82. The van der Waals surface area contributed by atoms with E-state index in [0.29, 0.717) is 12.5 Å². The van der Waals surface area contributed by atoms with Crippen LogP contribution in [-0.2, 0) is 17.6 Å². The molecule has 138 valence electrons. The minimum atomic E-state index is -0.160. The molecule has 1 saturated heterocycles. The van der Waals surface area contributed by atoms with Gasteiger partial charge in [-0.1, -0.05) is 13.0 Å². The van der Waals surface area contributed by atoms with Gasteiger partial charge in [-0.3, -0.25) is 9.59 Å². The molecule has 0 spiro atoms. The molecule has 0 unspecified atom stereocenters. The highest BCUT2D eigenvalue weighted by molar-refractivity contribution is 7.15.